The number of hydrogen-bond donors (Lipinski definition) is 2. The summed E-state index contributed by atoms with van der Waals surface area (Å²) >= 11 is 0. The van der Waals surface area contributed by atoms with Gasteiger partial charge in [0.1, 0.15) is 0 Å². The molecule has 0 radical (unpaired) electrons. The first-order chi connectivity index (χ1) is 6.41. The van der Waals surface area contributed by atoms with Crippen molar-refractivity contribution in [2.45, 2.75) is 32.6 Å². The summed E-state index contributed by atoms with van der Waals surface area (Å²) in [5, 5.41) is 11.9. The quantitative estimate of drug-likeness (QED) is 0.507. The zero-order valence-corrected chi connectivity index (χ0v) is 8.72. The molecule has 0 fully saturated rings. The van der Waals surface area contributed by atoms with Crippen molar-refractivity contribution in [2.24, 2.45) is 0 Å². The zero-order chi connectivity index (χ0) is 9.78. The average Bonchev–Trinajstić information content (AvgIpc) is 2.16. The van der Waals surface area contributed by atoms with Crippen molar-refractivity contribution in [3.05, 3.63) is 0 Å². The highest BCUT2D eigenvalue weighted by molar-refractivity contribution is 4.48. The molecular weight excluding hydrogens is 166 g/mol. The molecule has 0 aromatic rings. The number of aliphatic hydroxyl groups is 1. The second-order valence-corrected chi connectivity index (χ2v) is 3.08. The molecule has 0 unspecified atom stereocenters. The van der Waals surface area contributed by atoms with Gasteiger partial charge in [-0.05, 0) is 45.7 Å². The molecule has 0 amide bonds. The van der Waals surface area contributed by atoms with Crippen LogP contribution < -0.4 is 5.32 Å². The van der Waals surface area contributed by atoms with Crippen LogP contribution in [0.4, 0.5) is 0 Å². The van der Waals surface area contributed by atoms with Gasteiger partial charge in [-0.2, -0.15) is 0 Å². The van der Waals surface area contributed by atoms with Crippen LogP contribution in [0.5, 0.6) is 0 Å². The Morgan fingerprint density at radius 1 is 1.08 bits per heavy atom. The van der Waals surface area contributed by atoms with Crippen LogP contribution in [0.3, 0.4) is 0 Å². The predicted molar refractivity (Wildman–Crippen MR) is 54.9 cm³/mol. The van der Waals surface area contributed by atoms with Gasteiger partial charge in [-0.3, -0.25) is 0 Å². The Hall–Kier alpha value is -0.120. The Balaban J connectivity index is 2.76. The van der Waals surface area contributed by atoms with Crippen molar-refractivity contribution in [2.75, 3.05) is 32.9 Å². The molecule has 0 rings (SSSR count). The normalized spacial score (nSPS) is 10.6. The molecule has 13 heavy (non-hydrogen) atoms. The van der Waals surface area contributed by atoms with E-state index in [4.69, 9.17) is 9.84 Å². The maximum atomic E-state index is 8.53. The largest absolute Gasteiger partial charge is 0.396 e. The van der Waals surface area contributed by atoms with E-state index in [9.17, 15) is 0 Å². The molecule has 2 N–H and O–H groups in total. The first-order valence-corrected chi connectivity index (χ1v) is 5.31. The third-order valence-electron chi connectivity index (χ3n) is 1.86. The highest BCUT2D eigenvalue weighted by Crippen LogP contribution is 1.91. The lowest BCUT2D eigenvalue weighted by Gasteiger charge is -2.04. The van der Waals surface area contributed by atoms with Gasteiger partial charge in [0.2, 0.25) is 0 Å². The van der Waals surface area contributed by atoms with E-state index in [0.717, 1.165) is 52.0 Å². The fourth-order valence-corrected chi connectivity index (χ4v) is 1.11. The van der Waals surface area contributed by atoms with E-state index in [0.29, 0.717) is 6.61 Å². The van der Waals surface area contributed by atoms with Crippen molar-refractivity contribution in [1.29, 1.82) is 0 Å². The van der Waals surface area contributed by atoms with Crippen molar-refractivity contribution < 1.29 is 9.84 Å². The molecule has 0 aliphatic carbocycles. The molecule has 0 bridgehead atoms. The maximum Gasteiger partial charge on any atom is 0.0477 e. The van der Waals surface area contributed by atoms with Gasteiger partial charge in [0.15, 0.2) is 0 Å². The van der Waals surface area contributed by atoms with Crippen molar-refractivity contribution >= 4 is 0 Å². The predicted octanol–water partition coefficient (Wildman–Crippen LogP) is 1.17. The zero-order valence-electron chi connectivity index (χ0n) is 8.72. The van der Waals surface area contributed by atoms with Crippen molar-refractivity contribution in [3.8, 4) is 0 Å². The minimum absolute atomic E-state index is 0.324. The Morgan fingerprint density at radius 2 is 1.85 bits per heavy atom. The Bertz CT molecular complexity index is 79.0. The minimum Gasteiger partial charge on any atom is -0.396 e. The third kappa shape index (κ3) is 11.9. The summed E-state index contributed by atoms with van der Waals surface area (Å²) in [6.07, 6.45) is 4.30. The van der Waals surface area contributed by atoms with E-state index in [2.05, 4.69) is 5.32 Å². The molecule has 0 saturated heterocycles. The third-order valence-corrected chi connectivity index (χ3v) is 1.86. The number of unbranched alkanes of at least 4 members (excludes halogenated alkanes) is 2. The van der Waals surface area contributed by atoms with Crippen LogP contribution in [-0.2, 0) is 4.74 Å². The summed E-state index contributed by atoms with van der Waals surface area (Å²) in [6.45, 7) is 6.12. The molecule has 0 aromatic carbocycles. The number of aliphatic hydroxyl groups excluding tert-OH is 1. The summed E-state index contributed by atoms with van der Waals surface area (Å²) < 4.78 is 5.21. The topological polar surface area (TPSA) is 41.5 Å². The lowest BCUT2D eigenvalue weighted by molar-refractivity contribution is 0.145. The van der Waals surface area contributed by atoms with Gasteiger partial charge in [-0.15, -0.1) is 0 Å². The fraction of sp³-hybridized carbons (Fsp3) is 1.00. The lowest BCUT2D eigenvalue weighted by atomic mass is 10.2. The summed E-state index contributed by atoms with van der Waals surface area (Å²) in [4.78, 5) is 0. The molecule has 80 valence electrons. The molecule has 0 aliphatic rings. The van der Waals surface area contributed by atoms with E-state index >= 15 is 0 Å². The summed E-state index contributed by atoms with van der Waals surface area (Å²) in [5.41, 5.74) is 0. The highest BCUT2D eigenvalue weighted by Gasteiger charge is 1.89. The van der Waals surface area contributed by atoms with E-state index in [1.165, 1.54) is 0 Å². The van der Waals surface area contributed by atoms with Gasteiger partial charge < -0.3 is 15.2 Å². The maximum absolute atomic E-state index is 8.53. The lowest BCUT2D eigenvalue weighted by Crippen LogP contribution is -2.18. The molecule has 0 heterocycles. The monoisotopic (exact) mass is 189 g/mol. The first-order valence-electron chi connectivity index (χ1n) is 5.31. The van der Waals surface area contributed by atoms with Gasteiger partial charge in [-0.25, -0.2) is 0 Å². The Morgan fingerprint density at radius 3 is 2.54 bits per heavy atom. The van der Waals surface area contributed by atoms with Gasteiger partial charge in [-0.1, -0.05) is 0 Å². The molecule has 3 heteroatoms. The molecule has 0 aliphatic heterocycles. The molecule has 0 atom stereocenters. The Kier molecular flexibility index (Phi) is 11.8. The SMILES string of the molecule is CCOCCCNCCCCCO. The van der Waals surface area contributed by atoms with E-state index < -0.39 is 0 Å². The van der Waals surface area contributed by atoms with Crippen molar-refractivity contribution in [3.63, 3.8) is 0 Å². The van der Waals surface area contributed by atoms with Crippen LogP contribution in [0.15, 0.2) is 0 Å². The second kappa shape index (κ2) is 11.9. The summed E-state index contributed by atoms with van der Waals surface area (Å²) in [5.74, 6) is 0. The smallest absolute Gasteiger partial charge is 0.0477 e. The Labute approximate surface area is 81.5 Å². The van der Waals surface area contributed by atoms with Crippen LogP contribution >= 0.6 is 0 Å². The molecule has 3 nitrogen and oxygen atoms in total. The van der Waals surface area contributed by atoms with Crippen molar-refractivity contribution in [1.82, 2.24) is 5.32 Å². The molecule has 0 saturated carbocycles. The van der Waals surface area contributed by atoms with Gasteiger partial charge in [0, 0.05) is 19.8 Å². The molecular formula is C10H23NO2. The average molecular weight is 189 g/mol. The second-order valence-electron chi connectivity index (χ2n) is 3.08. The number of hydrogen-bond acceptors (Lipinski definition) is 3. The van der Waals surface area contributed by atoms with E-state index in [-0.39, 0.29) is 0 Å². The van der Waals surface area contributed by atoms with Crippen LogP contribution in [-0.4, -0.2) is 38.0 Å². The van der Waals surface area contributed by atoms with Gasteiger partial charge >= 0.3 is 0 Å². The molecule has 0 aromatic heterocycles. The van der Waals surface area contributed by atoms with E-state index in [1.807, 2.05) is 6.92 Å². The fourth-order valence-electron chi connectivity index (χ4n) is 1.11. The van der Waals surface area contributed by atoms with Crippen LogP contribution in [0.25, 0.3) is 0 Å². The summed E-state index contributed by atoms with van der Waals surface area (Å²) in [7, 11) is 0. The van der Waals surface area contributed by atoms with Crippen LogP contribution in [0.2, 0.25) is 0 Å². The van der Waals surface area contributed by atoms with Gasteiger partial charge in [0.25, 0.3) is 0 Å². The van der Waals surface area contributed by atoms with Crippen LogP contribution in [0.1, 0.15) is 32.6 Å². The number of rotatable bonds is 10. The number of ether oxygens (including phenoxy) is 1. The van der Waals surface area contributed by atoms with Crippen LogP contribution in [0, 0.1) is 0 Å². The van der Waals surface area contributed by atoms with E-state index in [1.54, 1.807) is 0 Å². The first kappa shape index (κ1) is 12.9. The molecule has 0 spiro atoms. The standard InChI is InChI=1S/C10H23NO2/c1-2-13-10-6-8-11-7-4-3-5-9-12/h11-12H,2-10H2,1H3. The number of nitrogens with one attached hydrogen (secondary N) is 1. The summed E-state index contributed by atoms with van der Waals surface area (Å²) in [6, 6.07) is 0. The van der Waals surface area contributed by atoms with Gasteiger partial charge in [0.05, 0.1) is 0 Å². The minimum atomic E-state index is 0.324. The highest BCUT2D eigenvalue weighted by atomic mass is 16.5.